The molecule has 6 heteroatoms. The number of ether oxygens (including phenoxy) is 2. The second kappa shape index (κ2) is 5.87. The van der Waals surface area contributed by atoms with Gasteiger partial charge in [-0.1, -0.05) is 13.8 Å². The molecule has 2 aliphatic rings. The summed E-state index contributed by atoms with van der Waals surface area (Å²) in [6.07, 6.45) is 3.11. The van der Waals surface area contributed by atoms with Gasteiger partial charge in [-0.25, -0.2) is 9.59 Å². The third-order valence-corrected chi connectivity index (χ3v) is 4.07. The van der Waals surface area contributed by atoms with Crippen LogP contribution < -0.4 is 0 Å². The highest BCUT2D eigenvalue weighted by Gasteiger charge is 2.54. The second-order valence-corrected chi connectivity index (χ2v) is 5.88. The molecule has 0 radical (unpaired) electrons. The summed E-state index contributed by atoms with van der Waals surface area (Å²) in [5.74, 6) is -1.30. The number of methoxy groups -OCH3 is 1. The second-order valence-electron chi connectivity index (χ2n) is 5.88. The van der Waals surface area contributed by atoms with Gasteiger partial charge in [-0.15, -0.1) is 0 Å². The van der Waals surface area contributed by atoms with Crippen LogP contribution in [0.1, 0.15) is 33.1 Å². The van der Waals surface area contributed by atoms with Gasteiger partial charge in [0.2, 0.25) is 0 Å². The van der Waals surface area contributed by atoms with Crippen LogP contribution in [0.5, 0.6) is 0 Å². The van der Waals surface area contributed by atoms with Crippen molar-refractivity contribution in [2.45, 2.75) is 33.1 Å². The highest BCUT2D eigenvalue weighted by Crippen LogP contribution is 2.52. The van der Waals surface area contributed by atoms with Crippen LogP contribution in [0.3, 0.4) is 0 Å². The molecule has 0 aromatic rings. The topological polar surface area (TPSA) is 72.9 Å². The van der Waals surface area contributed by atoms with Crippen molar-refractivity contribution in [3.8, 4) is 0 Å². The van der Waals surface area contributed by atoms with Crippen LogP contribution in [0.15, 0.2) is 11.1 Å². The molecule has 0 saturated carbocycles. The molecular formula is C15H21NO5. The van der Waals surface area contributed by atoms with Crippen LogP contribution in [-0.4, -0.2) is 49.6 Å². The lowest BCUT2D eigenvalue weighted by molar-refractivity contribution is -0.149. The normalized spacial score (nSPS) is 20.0. The Balaban J connectivity index is 1.89. The highest BCUT2D eigenvalue weighted by atomic mass is 16.5. The van der Waals surface area contributed by atoms with Crippen molar-refractivity contribution in [1.82, 2.24) is 4.90 Å². The van der Waals surface area contributed by atoms with Crippen LogP contribution in [-0.2, 0) is 23.9 Å². The summed E-state index contributed by atoms with van der Waals surface area (Å²) in [4.78, 5) is 37.1. The van der Waals surface area contributed by atoms with E-state index >= 15 is 0 Å². The largest absolute Gasteiger partial charge is 0.466 e. The molecule has 2 rings (SSSR count). The molecule has 1 saturated heterocycles. The molecule has 1 fully saturated rings. The van der Waals surface area contributed by atoms with E-state index in [0.29, 0.717) is 11.1 Å². The lowest BCUT2D eigenvalue weighted by Crippen LogP contribution is -2.38. The van der Waals surface area contributed by atoms with E-state index in [1.165, 1.54) is 7.11 Å². The lowest BCUT2D eigenvalue weighted by Gasteiger charge is -2.26. The maximum absolute atomic E-state index is 12.0. The van der Waals surface area contributed by atoms with Crippen molar-refractivity contribution < 1.29 is 23.9 Å². The predicted octanol–water partition coefficient (Wildman–Crippen LogP) is 1.05. The van der Waals surface area contributed by atoms with Crippen LogP contribution in [0.4, 0.5) is 0 Å². The molecule has 0 aromatic heterocycles. The van der Waals surface area contributed by atoms with Crippen LogP contribution in [0, 0.1) is 5.41 Å². The van der Waals surface area contributed by atoms with Gasteiger partial charge in [0.25, 0.3) is 5.91 Å². The maximum atomic E-state index is 12.0. The van der Waals surface area contributed by atoms with E-state index in [-0.39, 0.29) is 12.5 Å². The van der Waals surface area contributed by atoms with Gasteiger partial charge >= 0.3 is 11.9 Å². The molecule has 0 N–H and O–H groups in total. The Kier molecular flexibility index (Phi) is 4.34. The first-order valence-electron chi connectivity index (χ1n) is 7.18. The van der Waals surface area contributed by atoms with E-state index < -0.39 is 17.4 Å². The number of esters is 2. The smallest absolute Gasteiger partial charge is 0.336 e. The average Bonchev–Trinajstić information content (AvgIpc) is 3.07. The predicted molar refractivity (Wildman–Crippen MR) is 74.2 cm³/mol. The fourth-order valence-electron chi connectivity index (χ4n) is 2.72. The number of hydrogen-bond acceptors (Lipinski definition) is 5. The van der Waals surface area contributed by atoms with Gasteiger partial charge in [0.1, 0.15) is 0 Å². The molecule has 6 nitrogen and oxygen atoms in total. The monoisotopic (exact) mass is 295 g/mol. The van der Waals surface area contributed by atoms with Crippen molar-refractivity contribution in [1.29, 1.82) is 0 Å². The number of hydrogen-bond donors (Lipinski definition) is 0. The Hall–Kier alpha value is -1.85. The van der Waals surface area contributed by atoms with Crippen molar-refractivity contribution in [3.05, 3.63) is 11.1 Å². The average molecular weight is 295 g/mol. The molecular weight excluding hydrogens is 274 g/mol. The molecule has 1 amide bonds. The zero-order chi connectivity index (χ0) is 15.6. The summed E-state index contributed by atoms with van der Waals surface area (Å²) in [6.45, 7) is 4.67. The Morgan fingerprint density at radius 2 is 1.62 bits per heavy atom. The van der Waals surface area contributed by atoms with E-state index in [1.54, 1.807) is 18.7 Å². The van der Waals surface area contributed by atoms with Gasteiger partial charge in [0.15, 0.2) is 6.61 Å². The molecule has 1 heterocycles. The molecule has 0 bridgehead atoms. The van der Waals surface area contributed by atoms with Gasteiger partial charge < -0.3 is 14.4 Å². The molecule has 0 atom stereocenters. The molecule has 0 spiro atoms. The first-order chi connectivity index (χ1) is 9.89. The Labute approximate surface area is 124 Å². The van der Waals surface area contributed by atoms with E-state index in [1.807, 2.05) is 0 Å². The van der Waals surface area contributed by atoms with Crippen LogP contribution >= 0.6 is 0 Å². The van der Waals surface area contributed by atoms with E-state index in [4.69, 9.17) is 4.74 Å². The summed E-state index contributed by atoms with van der Waals surface area (Å²) in [6, 6.07) is 0. The van der Waals surface area contributed by atoms with E-state index in [2.05, 4.69) is 4.74 Å². The first kappa shape index (κ1) is 15.5. The fourth-order valence-corrected chi connectivity index (χ4v) is 2.72. The number of carbonyl (C=O) groups is 3. The van der Waals surface area contributed by atoms with Crippen LogP contribution in [0.25, 0.3) is 0 Å². The number of piperidine rings is 1. The molecule has 0 aromatic carbocycles. The molecule has 1 aliphatic heterocycles. The van der Waals surface area contributed by atoms with Crippen molar-refractivity contribution >= 4 is 17.8 Å². The third kappa shape index (κ3) is 3.09. The van der Waals surface area contributed by atoms with Crippen molar-refractivity contribution in [2.24, 2.45) is 5.41 Å². The van der Waals surface area contributed by atoms with Crippen molar-refractivity contribution in [3.63, 3.8) is 0 Å². The quantitative estimate of drug-likeness (QED) is 0.725. The van der Waals surface area contributed by atoms with E-state index in [9.17, 15) is 14.4 Å². The SMILES string of the molecule is COC(=O)C1=C(C(=O)OCC(=O)N2CCCCC2)C1(C)C. The van der Waals surface area contributed by atoms with Gasteiger partial charge in [-0.3, -0.25) is 4.79 Å². The Bertz CT molecular complexity index is 500. The highest BCUT2D eigenvalue weighted by molar-refractivity contribution is 6.11. The molecule has 116 valence electrons. The van der Waals surface area contributed by atoms with Gasteiger partial charge in [-0.05, 0) is 19.3 Å². The van der Waals surface area contributed by atoms with Gasteiger partial charge in [0.05, 0.1) is 18.3 Å². The minimum absolute atomic E-state index is 0.179. The third-order valence-electron chi connectivity index (χ3n) is 4.07. The first-order valence-corrected chi connectivity index (χ1v) is 7.18. The fraction of sp³-hybridized carbons (Fsp3) is 0.667. The Morgan fingerprint density at radius 1 is 1.05 bits per heavy atom. The maximum Gasteiger partial charge on any atom is 0.336 e. The summed E-state index contributed by atoms with van der Waals surface area (Å²) in [7, 11) is 1.27. The van der Waals surface area contributed by atoms with Crippen LogP contribution in [0.2, 0.25) is 0 Å². The number of carbonyl (C=O) groups excluding carboxylic acids is 3. The molecule has 0 unspecified atom stereocenters. The minimum atomic E-state index is -0.627. The van der Waals surface area contributed by atoms with Crippen molar-refractivity contribution in [2.75, 3.05) is 26.8 Å². The number of amides is 1. The molecule has 1 aliphatic carbocycles. The number of rotatable bonds is 4. The number of likely N-dealkylation sites (tertiary alicyclic amines) is 1. The lowest BCUT2D eigenvalue weighted by atomic mass is 10.0. The zero-order valence-corrected chi connectivity index (χ0v) is 12.7. The van der Waals surface area contributed by atoms with Gasteiger partial charge in [0, 0.05) is 18.5 Å². The Morgan fingerprint density at radius 3 is 2.19 bits per heavy atom. The minimum Gasteiger partial charge on any atom is -0.466 e. The summed E-state index contributed by atoms with van der Waals surface area (Å²) in [5.41, 5.74) is 0.0134. The molecule has 21 heavy (non-hydrogen) atoms. The van der Waals surface area contributed by atoms with Gasteiger partial charge in [-0.2, -0.15) is 0 Å². The van der Waals surface area contributed by atoms with E-state index in [0.717, 1.165) is 32.4 Å². The summed E-state index contributed by atoms with van der Waals surface area (Å²) in [5, 5.41) is 0. The summed E-state index contributed by atoms with van der Waals surface area (Å²) >= 11 is 0. The standard InChI is InChI=1S/C15H21NO5/c1-15(2)11(13(18)20-3)12(15)14(19)21-9-10(17)16-7-5-4-6-8-16/h4-9H2,1-3H3. The summed E-state index contributed by atoms with van der Waals surface area (Å²) < 4.78 is 9.68. The zero-order valence-electron chi connectivity index (χ0n) is 12.7. The number of nitrogens with zero attached hydrogens (tertiary/aromatic N) is 1.